The van der Waals surface area contributed by atoms with Gasteiger partial charge >= 0.3 is 0 Å². The molecule has 1 heterocycles. The minimum absolute atomic E-state index is 0.169. The van der Waals surface area contributed by atoms with Crippen molar-refractivity contribution >= 4 is 44.6 Å². The third-order valence-electron chi connectivity index (χ3n) is 6.62. The van der Waals surface area contributed by atoms with E-state index >= 15 is 0 Å². The van der Waals surface area contributed by atoms with Gasteiger partial charge in [-0.3, -0.25) is 4.79 Å². The molecule has 0 spiro atoms. The van der Waals surface area contributed by atoms with E-state index < -0.39 is 0 Å². The van der Waals surface area contributed by atoms with Gasteiger partial charge in [0.25, 0.3) is 5.56 Å². The summed E-state index contributed by atoms with van der Waals surface area (Å²) in [6.07, 6.45) is 7.19. The lowest BCUT2D eigenvalue weighted by atomic mass is 9.88. The molecule has 0 radical (unpaired) electrons. The van der Waals surface area contributed by atoms with Crippen LogP contribution in [0.15, 0.2) is 75.0 Å². The molecule has 0 saturated heterocycles. The van der Waals surface area contributed by atoms with Gasteiger partial charge in [-0.2, -0.15) is 9.78 Å². The van der Waals surface area contributed by atoms with E-state index in [1.807, 2.05) is 54.6 Å². The number of rotatable bonds is 7. The standard InChI is InChI=1S/C29H27BrClN3O3/c1-36-27-15-20(9-14-26(27)37-18-19-7-11-23(31)12-8-19)17-32-34-28(21-5-3-2-4-6-21)33-25-13-10-22(30)16-24(25)29(34)35/h7-17,21H,2-6,18H2,1H3. The van der Waals surface area contributed by atoms with Crippen LogP contribution in [0.5, 0.6) is 11.5 Å². The minimum atomic E-state index is -0.169. The number of hydrogen-bond donors (Lipinski definition) is 0. The van der Waals surface area contributed by atoms with Crippen molar-refractivity contribution in [2.24, 2.45) is 5.10 Å². The van der Waals surface area contributed by atoms with Gasteiger partial charge in [-0.15, -0.1) is 0 Å². The van der Waals surface area contributed by atoms with Gasteiger partial charge in [0.1, 0.15) is 12.4 Å². The highest BCUT2D eigenvalue weighted by Crippen LogP contribution is 2.32. The van der Waals surface area contributed by atoms with E-state index in [1.165, 1.54) is 11.1 Å². The van der Waals surface area contributed by atoms with Gasteiger partial charge in [0.05, 0.1) is 24.2 Å². The van der Waals surface area contributed by atoms with Crippen molar-refractivity contribution in [3.8, 4) is 11.5 Å². The third-order valence-corrected chi connectivity index (χ3v) is 7.37. The Kier molecular flexibility index (Phi) is 7.91. The van der Waals surface area contributed by atoms with Crippen molar-refractivity contribution in [2.75, 3.05) is 7.11 Å². The number of benzene rings is 3. The number of methoxy groups -OCH3 is 1. The summed E-state index contributed by atoms with van der Waals surface area (Å²) >= 11 is 9.44. The second kappa shape index (κ2) is 11.5. The van der Waals surface area contributed by atoms with Crippen LogP contribution in [0.25, 0.3) is 10.9 Å². The molecule has 0 bridgehead atoms. The zero-order valence-corrected chi connectivity index (χ0v) is 22.8. The highest BCUT2D eigenvalue weighted by atomic mass is 79.9. The van der Waals surface area contributed by atoms with Crippen molar-refractivity contribution in [1.82, 2.24) is 9.66 Å². The Hall–Kier alpha value is -3.16. The first-order valence-electron chi connectivity index (χ1n) is 12.3. The first kappa shape index (κ1) is 25.5. The smallest absolute Gasteiger partial charge is 0.282 e. The zero-order chi connectivity index (χ0) is 25.8. The summed E-state index contributed by atoms with van der Waals surface area (Å²) in [6.45, 7) is 0.388. The maximum atomic E-state index is 13.5. The van der Waals surface area contributed by atoms with E-state index in [9.17, 15) is 4.79 Å². The molecule has 1 aromatic heterocycles. The Morgan fingerprint density at radius 2 is 1.84 bits per heavy atom. The summed E-state index contributed by atoms with van der Waals surface area (Å²) in [6, 6.07) is 18.7. The summed E-state index contributed by atoms with van der Waals surface area (Å²) in [5, 5.41) is 5.85. The fourth-order valence-electron chi connectivity index (χ4n) is 4.65. The number of fused-ring (bicyclic) bond motifs is 1. The molecule has 1 saturated carbocycles. The van der Waals surface area contributed by atoms with E-state index in [-0.39, 0.29) is 11.5 Å². The lowest BCUT2D eigenvalue weighted by Gasteiger charge is -2.22. The Morgan fingerprint density at radius 1 is 1.05 bits per heavy atom. The second-order valence-corrected chi connectivity index (χ2v) is 10.5. The second-order valence-electron chi connectivity index (χ2n) is 9.15. The van der Waals surface area contributed by atoms with Crippen LogP contribution in [0.2, 0.25) is 5.02 Å². The largest absolute Gasteiger partial charge is 0.493 e. The first-order valence-corrected chi connectivity index (χ1v) is 13.5. The van der Waals surface area contributed by atoms with Gasteiger partial charge in [-0.1, -0.05) is 58.9 Å². The molecule has 1 fully saturated rings. The molecule has 0 atom stereocenters. The topological polar surface area (TPSA) is 65.7 Å². The highest BCUT2D eigenvalue weighted by Gasteiger charge is 2.22. The van der Waals surface area contributed by atoms with Crippen molar-refractivity contribution in [1.29, 1.82) is 0 Å². The Bertz CT molecular complexity index is 1500. The van der Waals surface area contributed by atoms with Gasteiger partial charge in [-0.25, -0.2) is 4.98 Å². The number of ether oxygens (including phenoxy) is 2. The molecule has 5 rings (SSSR count). The normalized spacial score (nSPS) is 14.4. The summed E-state index contributed by atoms with van der Waals surface area (Å²) in [4.78, 5) is 18.4. The third kappa shape index (κ3) is 5.89. The van der Waals surface area contributed by atoms with Crippen molar-refractivity contribution < 1.29 is 9.47 Å². The van der Waals surface area contributed by atoms with E-state index in [0.717, 1.165) is 47.1 Å². The molecular weight excluding hydrogens is 554 g/mol. The first-order chi connectivity index (χ1) is 18.0. The maximum absolute atomic E-state index is 13.5. The molecule has 3 aromatic carbocycles. The van der Waals surface area contributed by atoms with Crippen LogP contribution < -0.4 is 15.0 Å². The maximum Gasteiger partial charge on any atom is 0.282 e. The lowest BCUT2D eigenvalue weighted by molar-refractivity contribution is 0.284. The minimum Gasteiger partial charge on any atom is -0.493 e. The lowest BCUT2D eigenvalue weighted by Crippen LogP contribution is -2.25. The number of hydrogen-bond acceptors (Lipinski definition) is 5. The summed E-state index contributed by atoms with van der Waals surface area (Å²) in [5.41, 5.74) is 2.32. The van der Waals surface area contributed by atoms with Crippen molar-refractivity contribution in [3.63, 3.8) is 0 Å². The molecule has 4 aromatic rings. The zero-order valence-electron chi connectivity index (χ0n) is 20.5. The number of halogens is 2. The Morgan fingerprint density at radius 3 is 2.59 bits per heavy atom. The van der Waals surface area contributed by atoms with Gasteiger partial charge in [0.2, 0.25) is 0 Å². The summed E-state index contributed by atoms with van der Waals surface area (Å²) in [5.74, 6) is 2.14. The fourth-order valence-corrected chi connectivity index (χ4v) is 5.14. The van der Waals surface area contributed by atoms with Crippen LogP contribution in [0, 0.1) is 0 Å². The summed E-state index contributed by atoms with van der Waals surface area (Å²) in [7, 11) is 1.60. The molecule has 1 aliphatic carbocycles. The van der Waals surface area contributed by atoms with Gasteiger partial charge in [0, 0.05) is 15.4 Å². The van der Waals surface area contributed by atoms with E-state index in [2.05, 4.69) is 21.0 Å². The molecular formula is C29H27BrClN3O3. The van der Waals surface area contributed by atoms with Crippen LogP contribution in [-0.2, 0) is 6.61 Å². The SMILES string of the molecule is COc1cc(C=Nn2c(C3CCCCC3)nc3ccc(Br)cc3c2=O)ccc1OCc1ccc(Cl)cc1. The van der Waals surface area contributed by atoms with Crippen LogP contribution in [-0.4, -0.2) is 23.0 Å². The molecule has 0 amide bonds. The molecule has 0 N–H and O–H groups in total. The molecule has 1 aliphatic rings. The van der Waals surface area contributed by atoms with E-state index in [4.69, 9.17) is 26.1 Å². The van der Waals surface area contributed by atoms with E-state index in [0.29, 0.717) is 34.0 Å². The number of nitrogens with zero attached hydrogens (tertiary/aromatic N) is 3. The van der Waals surface area contributed by atoms with Crippen LogP contribution in [0.3, 0.4) is 0 Å². The molecule has 0 unspecified atom stereocenters. The summed E-state index contributed by atoms with van der Waals surface area (Å²) < 4.78 is 13.8. The quantitative estimate of drug-likeness (QED) is 0.215. The Labute approximate surface area is 229 Å². The number of aromatic nitrogens is 2. The predicted molar refractivity (Wildman–Crippen MR) is 151 cm³/mol. The average Bonchev–Trinajstić information content (AvgIpc) is 2.93. The monoisotopic (exact) mass is 579 g/mol. The van der Waals surface area contributed by atoms with E-state index in [1.54, 1.807) is 19.4 Å². The fraction of sp³-hybridized carbons (Fsp3) is 0.276. The molecule has 37 heavy (non-hydrogen) atoms. The van der Waals surface area contributed by atoms with Crippen molar-refractivity contribution in [3.05, 3.63) is 97.5 Å². The van der Waals surface area contributed by atoms with Gasteiger partial charge in [-0.05, 0) is 72.5 Å². The van der Waals surface area contributed by atoms with Crippen LogP contribution >= 0.6 is 27.5 Å². The highest BCUT2D eigenvalue weighted by molar-refractivity contribution is 9.10. The Balaban J connectivity index is 1.45. The van der Waals surface area contributed by atoms with Gasteiger partial charge in [0.15, 0.2) is 11.5 Å². The van der Waals surface area contributed by atoms with Gasteiger partial charge < -0.3 is 9.47 Å². The van der Waals surface area contributed by atoms with Crippen LogP contribution in [0.4, 0.5) is 0 Å². The molecule has 0 aliphatic heterocycles. The van der Waals surface area contributed by atoms with Crippen LogP contribution in [0.1, 0.15) is 55.0 Å². The van der Waals surface area contributed by atoms with Crippen molar-refractivity contribution in [2.45, 2.75) is 44.6 Å². The predicted octanol–water partition coefficient (Wildman–Crippen LogP) is 7.33. The average molecular weight is 581 g/mol. The molecule has 8 heteroatoms. The molecule has 190 valence electrons. The molecule has 6 nitrogen and oxygen atoms in total.